The van der Waals surface area contributed by atoms with Crippen LogP contribution in [0, 0.1) is 6.92 Å². The SMILES string of the molecule is COc1cn(CC(=O)Nc2ccc(N3CCCS3(=O)=O)cc2)c(C)cc1=O. The summed E-state index contributed by atoms with van der Waals surface area (Å²) in [5.74, 6) is 0.0585. The van der Waals surface area contributed by atoms with Crippen molar-refractivity contribution in [3.05, 3.63) is 52.4 Å². The summed E-state index contributed by atoms with van der Waals surface area (Å²) in [5, 5.41) is 2.76. The Morgan fingerprint density at radius 2 is 1.96 bits per heavy atom. The largest absolute Gasteiger partial charge is 0.491 e. The number of aryl methyl sites for hydroxylation is 1. The molecule has 1 aromatic carbocycles. The van der Waals surface area contributed by atoms with Crippen LogP contribution in [0.15, 0.2) is 41.3 Å². The molecule has 3 rings (SSSR count). The number of sulfonamides is 1. The van der Waals surface area contributed by atoms with Gasteiger partial charge in [0.2, 0.25) is 21.4 Å². The molecule has 9 heteroatoms. The number of carbonyl (C=O) groups is 1. The van der Waals surface area contributed by atoms with Crippen molar-refractivity contribution in [2.24, 2.45) is 0 Å². The zero-order valence-corrected chi connectivity index (χ0v) is 16.0. The van der Waals surface area contributed by atoms with E-state index in [2.05, 4.69) is 5.32 Å². The minimum absolute atomic E-state index is 0.0186. The first kappa shape index (κ1) is 19.0. The third-order valence-corrected chi connectivity index (χ3v) is 6.25. The zero-order chi connectivity index (χ0) is 19.6. The Kier molecular flexibility index (Phi) is 5.22. The molecule has 1 aliphatic heterocycles. The number of ether oxygens (including phenoxy) is 1. The first-order chi connectivity index (χ1) is 12.8. The summed E-state index contributed by atoms with van der Waals surface area (Å²) < 4.78 is 31.9. The minimum atomic E-state index is -3.23. The number of carbonyl (C=O) groups excluding carboxylic acids is 1. The Morgan fingerprint density at radius 3 is 2.56 bits per heavy atom. The standard InChI is InChI=1S/C18H21N3O5S/c1-13-10-16(22)17(26-2)11-20(13)12-18(23)19-14-4-6-15(7-5-14)21-8-3-9-27(21,24)25/h4-7,10-11H,3,8-9,12H2,1-2H3,(H,19,23). The fourth-order valence-corrected chi connectivity index (χ4v) is 4.53. The van der Waals surface area contributed by atoms with Gasteiger partial charge in [-0.05, 0) is 37.6 Å². The van der Waals surface area contributed by atoms with Crippen molar-refractivity contribution in [2.45, 2.75) is 19.9 Å². The van der Waals surface area contributed by atoms with E-state index in [4.69, 9.17) is 4.74 Å². The molecule has 0 unspecified atom stereocenters. The molecular formula is C18H21N3O5S. The average molecular weight is 391 g/mol. The lowest BCUT2D eigenvalue weighted by atomic mass is 10.2. The molecule has 144 valence electrons. The van der Waals surface area contributed by atoms with E-state index in [1.807, 2.05) is 0 Å². The van der Waals surface area contributed by atoms with Crippen LogP contribution in [0.5, 0.6) is 5.75 Å². The molecule has 1 amide bonds. The Hall–Kier alpha value is -2.81. The van der Waals surface area contributed by atoms with Gasteiger partial charge in [-0.1, -0.05) is 0 Å². The smallest absolute Gasteiger partial charge is 0.244 e. The number of nitrogens with one attached hydrogen (secondary N) is 1. The second-order valence-corrected chi connectivity index (χ2v) is 8.32. The van der Waals surface area contributed by atoms with E-state index in [9.17, 15) is 18.0 Å². The molecule has 0 bridgehead atoms. The van der Waals surface area contributed by atoms with Crippen LogP contribution < -0.4 is 19.8 Å². The number of nitrogens with zero attached hydrogens (tertiary/aromatic N) is 2. The Morgan fingerprint density at radius 1 is 1.26 bits per heavy atom. The van der Waals surface area contributed by atoms with Gasteiger partial charge in [0.1, 0.15) is 6.54 Å². The number of anilines is 2. The molecule has 0 saturated carbocycles. The van der Waals surface area contributed by atoms with Crippen molar-refractivity contribution >= 4 is 27.3 Å². The highest BCUT2D eigenvalue weighted by atomic mass is 32.2. The number of rotatable bonds is 5. The van der Waals surface area contributed by atoms with Crippen molar-refractivity contribution in [2.75, 3.05) is 29.0 Å². The predicted octanol–water partition coefficient (Wildman–Crippen LogP) is 1.34. The average Bonchev–Trinajstić information content (AvgIpc) is 2.97. The number of hydrogen-bond acceptors (Lipinski definition) is 5. The van der Waals surface area contributed by atoms with Crippen molar-refractivity contribution < 1.29 is 17.9 Å². The van der Waals surface area contributed by atoms with Gasteiger partial charge >= 0.3 is 0 Å². The molecule has 2 heterocycles. The van der Waals surface area contributed by atoms with Crippen molar-refractivity contribution in [1.29, 1.82) is 0 Å². The van der Waals surface area contributed by atoms with E-state index in [0.29, 0.717) is 30.0 Å². The third-order valence-electron chi connectivity index (χ3n) is 4.38. The highest BCUT2D eigenvalue weighted by Crippen LogP contribution is 2.25. The molecule has 0 radical (unpaired) electrons. The van der Waals surface area contributed by atoms with Crippen LogP contribution in [0.4, 0.5) is 11.4 Å². The molecule has 1 saturated heterocycles. The van der Waals surface area contributed by atoms with Crippen LogP contribution in [0.25, 0.3) is 0 Å². The molecule has 1 fully saturated rings. The molecule has 27 heavy (non-hydrogen) atoms. The van der Waals surface area contributed by atoms with Gasteiger partial charge in [-0.3, -0.25) is 13.9 Å². The first-order valence-corrected chi connectivity index (χ1v) is 10.1. The third kappa shape index (κ3) is 4.13. The zero-order valence-electron chi connectivity index (χ0n) is 15.1. The fraction of sp³-hybridized carbons (Fsp3) is 0.333. The summed E-state index contributed by atoms with van der Waals surface area (Å²) in [5.41, 5.74) is 1.56. The highest BCUT2D eigenvalue weighted by Gasteiger charge is 2.28. The second-order valence-electron chi connectivity index (χ2n) is 6.31. The number of hydrogen-bond donors (Lipinski definition) is 1. The Labute approximate surface area is 157 Å². The maximum absolute atomic E-state index is 12.3. The lowest BCUT2D eigenvalue weighted by molar-refractivity contribution is -0.116. The van der Waals surface area contributed by atoms with Gasteiger partial charge in [-0.25, -0.2) is 8.42 Å². The maximum Gasteiger partial charge on any atom is 0.244 e. The van der Waals surface area contributed by atoms with Gasteiger partial charge in [-0.15, -0.1) is 0 Å². The van der Waals surface area contributed by atoms with Crippen LogP contribution in [-0.4, -0.2) is 38.3 Å². The molecule has 8 nitrogen and oxygen atoms in total. The minimum Gasteiger partial charge on any atom is -0.491 e. The highest BCUT2D eigenvalue weighted by molar-refractivity contribution is 7.93. The van der Waals surface area contributed by atoms with E-state index in [1.54, 1.807) is 35.8 Å². The van der Waals surface area contributed by atoms with E-state index < -0.39 is 10.0 Å². The van der Waals surface area contributed by atoms with E-state index >= 15 is 0 Å². The van der Waals surface area contributed by atoms with Crippen LogP contribution in [0.2, 0.25) is 0 Å². The van der Waals surface area contributed by atoms with Gasteiger partial charge in [0.25, 0.3) is 0 Å². The van der Waals surface area contributed by atoms with Gasteiger partial charge in [0, 0.05) is 24.0 Å². The molecule has 0 aliphatic carbocycles. The van der Waals surface area contributed by atoms with Crippen molar-refractivity contribution in [1.82, 2.24) is 4.57 Å². The van der Waals surface area contributed by atoms with Gasteiger partial charge in [0.05, 0.1) is 24.7 Å². The number of benzene rings is 1. The maximum atomic E-state index is 12.3. The summed E-state index contributed by atoms with van der Waals surface area (Å²) in [6, 6.07) is 8.09. The topological polar surface area (TPSA) is 97.7 Å². The summed E-state index contributed by atoms with van der Waals surface area (Å²) in [4.78, 5) is 24.0. The fourth-order valence-electron chi connectivity index (χ4n) is 2.97. The van der Waals surface area contributed by atoms with Crippen LogP contribution in [-0.2, 0) is 21.4 Å². The number of methoxy groups -OCH3 is 1. The van der Waals surface area contributed by atoms with E-state index in [-0.39, 0.29) is 29.4 Å². The molecule has 1 aliphatic rings. The summed E-state index contributed by atoms with van der Waals surface area (Å²) in [7, 11) is -1.83. The van der Waals surface area contributed by atoms with Crippen LogP contribution >= 0.6 is 0 Å². The summed E-state index contributed by atoms with van der Waals surface area (Å²) in [6.45, 7) is 2.23. The molecule has 1 N–H and O–H groups in total. The predicted molar refractivity (Wildman–Crippen MR) is 103 cm³/mol. The monoisotopic (exact) mass is 391 g/mol. The van der Waals surface area contributed by atoms with Crippen LogP contribution in [0.1, 0.15) is 12.1 Å². The van der Waals surface area contributed by atoms with Crippen molar-refractivity contribution in [3.63, 3.8) is 0 Å². The van der Waals surface area contributed by atoms with E-state index in [0.717, 1.165) is 0 Å². The summed E-state index contributed by atoms with van der Waals surface area (Å²) in [6.07, 6.45) is 2.11. The van der Waals surface area contributed by atoms with Gasteiger partial charge in [-0.2, -0.15) is 0 Å². The van der Waals surface area contributed by atoms with Gasteiger partial charge < -0.3 is 14.6 Å². The van der Waals surface area contributed by atoms with E-state index in [1.165, 1.54) is 23.7 Å². The number of pyridine rings is 1. The lowest BCUT2D eigenvalue weighted by Crippen LogP contribution is -2.25. The van der Waals surface area contributed by atoms with Crippen LogP contribution in [0.3, 0.4) is 0 Å². The Bertz CT molecular complexity index is 1010. The molecule has 0 atom stereocenters. The Balaban J connectivity index is 1.69. The summed E-state index contributed by atoms with van der Waals surface area (Å²) >= 11 is 0. The van der Waals surface area contributed by atoms with Crippen molar-refractivity contribution in [3.8, 4) is 5.75 Å². The first-order valence-electron chi connectivity index (χ1n) is 8.45. The molecular weight excluding hydrogens is 370 g/mol. The molecule has 2 aromatic rings. The number of amides is 1. The van der Waals surface area contributed by atoms with Gasteiger partial charge in [0.15, 0.2) is 5.75 Å². The molecule has 1 aromatic heterocycles. The second kappa shape index (κ2) is 7.43. The quantitative estimate of drug-likeness (QED) is 0.830. The normalized spacial score (nSPS) is 15.6. The number of aromatic nitrogens is 1. The molecule has 0 spiro atoms. The lowest BCUT2D eigenvalue weighted by Gasteiger charge is -2.17.